The van der Waals surface area contributed by atoms with Crippen LogP contribution >= 0.6 is 0 Å². The summed E-state index contributed by atoms with van der Waals surface area (Å²) in [4.78, 5) is 19.5. The Hall–Kier alpha value is -3.66. The van der Waals surface area contributed by atoms with Gasteiger partial charge in [0, 0.05) is 62.2 Å². The summed E-state index contributed by atoms with van der Waals surface area (Å²) >= 11 is 0. The molecule has 0 bridgehead atoms. The number of anilines is 1. The highest BCUT2D eigenvalue weighted by Gasteiger charge is 2.29. The molecule has 0 saturated carbocycles. The Labute approximate surface area is 229 Å². The van der Waals surface area contributed by atoms with Crippen LogP contribution in [0.2, 0.25) is 0 Å². The molecule has 3 aromatic rings. The molecule has 2 aromatic carbocycles. The summed E-state index contributed by atoms with van der Waals surface area (Å²) in [5.74, 6) is 1.92. The van der Waals surface area contributed by atoms with Crippen LogP contribution in [0.4, 0.5) is 5.82 Å². The Kier molecular flexibility index (Phi) is 8.61. The van der Waals surface area contributed by atoms with Crippen LogP contribution in [0.25, 0.3) is 0 Å². The number of nitrogens with zero attached hydrogens (tertiary/aromatic N) is 2. The van der Waals surface area contributed by atoms with E-state index in [1.165, 1.54) is 11.1 Å². The number of rotatable bonds is 12. The summed E-state index contributed by atoms with van der Waals surface area (Å²) in [6, 6.07) is 18.3. The zero-order chi connectivity index (χ0) is 27.2. The Bertz CT molecular complexity index is 1260. The molecule has 9 nitrogen and oxygen atoms in total. The van der Waals surface area contributed by atoms with Gasteiger partial charge in [0.25, 0.3) is 5.91 Å². The number of amides is 1. The predicted octanol–water partition coefficient (Wildman–Crippen LogP) is 2.24. The molecule has 1 atom stereocenters. The lowest BCUT2D eigenvalue weighted by atomic mass is 10.1. The molecule has 1 amide bonds. The summed E-state index contributed by atoms with van der Waals surface area (Å²) in [7, 11) is 3.29. The normalized spacial score (nSPS) is 15.9. The fourth-order valence-electron chi connectivity index (χ4n) is 5.24. The van der Waals surface area contributed by atoms with E-state index in [1.54, 1.807) is 32.5 Å². The van der Waals surface area contributed by atoms with Crippen molar-refractivity contribution in [1.29, 1.82) is 0 Å². The van der Waals surface area contributed by atoms with E-state index in [1.807, 2.05) is 18.2 Å². The molecule has 4 N–H and O–H groups in total. The van der Waals surface area contributed by atoms with Crippen molar-refractivity contribution < 1.29 is 19.4 Å². The first-order chi connectivity index (χ1) is 19.0. The number of pyridine rings is 1. The second-order valence-electron chi connectivity index (χ2n) is 10.2. The summed E-state index contributed by atoms with van der Waals surface area (Å²) in [6.45, 7) is 2.93. The number of nitrogens with one attached hydrogen (secondary N) is 3. The topological polar surface area (TPSA) is 108 Å². The van der Waals surface area contributed by atoms with Crippen LogP contribution in [0.3, 0.4) is 0 Å². The lowest BCUT2D eigenvalue weighted by molar-refractivity contribution is 0.0747. The number of hydrogen-bond donors (Lipinski definition) is 4. The van der Waals surface area contributed by atoms with E-state index in [-0.39, 0.29) is 18.5 Å². The van der Waals surface area contributed by atoms with E-state index in [2.05, 4.69) is 50.1 Å². The minimum absolute atomic E-state index is 0.145. The molecular formula is C30H37N5O4. The van der Waals surface area contributed by atoms with E-state index in [0.29, 0.717) is 30.5 Å². The largest absolute Gasteiger partial charge is 0.497 e. The molecule has 1 aromatic heterocycles. The second kappa shape index (κ2) is 12.5. The summed E-state index contributed by atoms with van der Waals surface area (Å²) < 4.78 is 11.0. The van der Waals surface area contributed by atoms with Crippen LogP contribution < -0.4 is 25.4 Å². The van der Waals surface area contributed by atoms with E-state index in [9.17, 15) is 9.90 Å². The quantitative estimate of drug-likeness (QED) is 0.282. The number of ether oxygens (including phenoxy) is 2. The van der Waals surface area contributed by atoms with E-state index >= 15 is 0 Å². The third-order valence-electron chi connectivity index (χ3n) is 7.51. The highest BCUT2D eigenvalue weighted by Crippen LogP contribution is 2.30. The molecule has 2 heterocycles. The lowest BCUT2D eigenvalue weighted by Gasteiger charge is -2.31. The number of aliphatic hydroxyl groups is 1. The van der Waals surface area contributed by atoms with Crippen LogP contribution in [0, 0.1) is 0 Å². The zero-order valence-corrected chi connectivity index (χ0v) is 22.5. The Balaban J connectivity index is 1.24. The Morgan fingerprint density at radius 3 is 2.54 bits per heavy atom. The molecule has 1 saturated heterocycles. The van der Waals surface area contributed by atoms with Gasteiger partial charge in [-0.3, -0.25) is 9.69 Å². The molecule has 0 radical (unpaired) electrons. The molecule has 9 heteroatoms. The molecule has 206 valence electrons. The molecule has 0 spiro atoms. The van der Waals surface area contributed by atoms with Crippen molar-refractivity contribution in [3.8, 4) is 11.5 Å². The smallest absolute Gasteiger partial charge is 0.251 e. The fraction of sp³-hybridized carbons (Fsp3) is 0.400. The second-order valence-corrected chi connectivity index (χ2v) is 10.2. The SMILES string of the molecule is COc1ccc(CN(CC(O)CNC(=O)c2ccnc(NC3CNC3)c2)C2Cc3ccccc3C2)c(OC)c1. The minimum Gasteiger partial charge on any atom is -0.497 e. The van der Waals surface area contributed by atoms with Crippen LogP contribution in [-0.4, -0.2) is 79.5 Å². The number of benzene rings is 2. The van der Waals surface area contributed by atoms with Gasteiger partial charge in [-0.2, -0.15) is 0 Å². The van der Waals surface area contributed by atoms with Gasteiger partial charge in [-0.25, -0.2) is 4.98 Å². The van der Waals surface area contributed by atoms with E-state index < -0.39 is 6.10 Å². The first-order valence-electron chi connectivity index (χ1n) is 13.4. The highest BCUT2D eigenvalue weighted by atomic mass is 16.5. The van der Waals surface area contributed by atoms with Gasteiger partial charge in [-0.05, 0) is 42.2 Å². The lowest BCUT2D eigenvalue weighted by Crippen LogP contribution is -2.51. The third kappa shape index (κ3) is 6.68. The maximum atomic E-state index is 12.9. The van der Waals surface area contributed by atoms with Crippen LogP contribution in [0.1, 0.15) is 27.0 Å². The maximum Gasteiger partial charge on any atom is 0.251 e. The molecular weight excluding hydrogens is 494 g/mol. The summed E-state index contributed by atoms with van der Waals surface area (Å²) in [5.41, 5.74) is 4.22. The van der Waals surface area contributed by atoms with Crippen molar-refractivity contribution in [3.05, 3.63) is 83.0 Å². The average Bonchev–Trinajstić information content (AvgIpc) is 3.38. The van der Waals surface area contributed by atoms with Crippen molar-refractivity contribution in [2.75, 3.05) is 45.7 Å². The van der Waals surface area contributed by atoms with Crippen molar-refractivity contribution in [3.63, 3.8) is 0 Å². The van der Waals surface area contributed by atoms with Gasteiger partial charge in [0.2, 0.25) is 0 Å². The zero-order valence-electron chi connectivity index (χ0n) is 22.5. The van der Waals surface area contributed by atoms with Crippen LogP contribution in [0.15, 0.2) is 60.8 Å². The van der Waals surface area contributed by atoms with Gasteiger partial charge in [-0.15, -0.1) is 0 Å². The fourth-order valence-corrected chi connectivity index (χ4v) is 5.24. The Morgan fingerprint density at radius 1 is 1.10 bits per heavy atom. The third-order valence-corrected chi connectivity index (χ3v) is 7.51. The van der Waals surface area contributed by atoms with Gasteiger partial charge < -0.3 is 30.5 Å². The average molecular weight is 532 g/mol. The number of aromatic nitrogens is 1. The van der Waals surface area contributed by atoms with Gasteiger partial charge in [0.1, 0.15) is 17.3 Å². The number of hydrogen-bond acceptors (Lipinski definition) is 8. The minimum atomic E-state index is -0.748. The summed E-state index contributed by atoms with van der Waals surface area (Å²) in [6.07, 6.45) is 2.71. The molecule has 1 aliphatic heterocycles. The van der Waals surface area contributed by atoms with Crippen molar-refractivity contribution in [2.24, 2.45) is 0 Å². The number of carbonyl (C=O) groups is 1. The number of carbonyl (C=O) groups excluding carboxylic acids is 1. The van der Waals surface area contributed by atoms with Crippen molar-refractivity contribution in [1.82, 2.24) is 20.5 Å². The summed E-state index contributed by atoms with van der Waals surface area (Å²) in [5, 5.41) is 20.5. The van der Waals surface area contributed by atoms with E-state index in [0.717, 1.165) is 43.0 Å². The Morgan fingerprint density at radius 2 is 1.87 bits per heavy atom. The molecule has 1 unspecified atom stereocenters. The molecule has 1 aliphatic carbocycles. The molecule has 5 rings (SSSR count). The molecule has 2 aliphatic rings. The van der Waals surface area contributed by atoms with Gasteiger partial charge in [0.05, 0.1) is 26.4 Å². The van der Waals surface area contributed by atoms with E-state index in [4.69, 9.17) is 9.47 Å². The molecule has 39 heavy (non-hydrogen) atoms. The number of methoxy groups -OCH3 is 2. The van der Waals surface area contributed by atoms with Gasteiger partial charge in [0.15, 0.2) is 0 Å². The first kappa shape index (κ1) is 26.9. The number of aliphatic hydroxyl groups excluding tert-OH is 1. The van der Waals surface area contributed by atoms with Crippen LogP contribution in [-0.2, 0) is 19.4 Å². The monoisotopic (exact) mass is 531 g/mol. The van der Waals surface area contributed by atoms with Crippen LogP contribution in [0.5, 0.6) is 11.5 Å². The van der Waals surface area contributed by atoms with Crippen molar-refractivity contribution >= 4 is 11.7 Å². The maximum absolute atomic E-state index is 12.9. The van der Waals surface area contributed by atoms with Crippen molar-refractivity contribution in [2.45, 2.75) is 37.6 Å². The van der Waals surface area contributed by atoms with Gasteiger partial charge in [-0.1, -0.05) is 30.3 Å². The molecule has 1 fully saturated rings. The number of fused-ring (bicyclic) bond motifs is 1. The van der Waals surface area contributed by atoms with Gasteiger partial charge >= 0.3 is 0 Å². The predicted molar refractivity (Wildman–Crippen MR) is 150 cm³/mol. The first-order valence-corrected chi connectivity index (χ1v) is 13.4. The highest BCUT2D eigenvalue weighted by molar-refractivity contribution is 5.94. The standard InChI is InChI=1S/C30H37N5O4/c1-38-27-8-7-23(28(14-27)39-2)18-35(25-11-20-5-3-4-6-21(20)12-25)19-26(36)17-33-30(37)22-9-10-32-29(13-22)34-24-15-31-16-24/h3-10,13-14,24-26,31,36H,11-12,15-19H2,1-2H3,(H,32,34)(H,33,37).